The van der Waals surface area contributed by atoms with Crippen molar-refractivity contribution in [3.8, 4) is 10.6 Å². The SMILES string of the molecule is Cc1cccc(-c2nnc(NC(=O)C(C)NC(=O)c3cccc(F)c3)s2)c1. The number of amides is 2. The number of carbonyl (C=O) groups excluding carboxylic acids is 2. The highest BCUT2D eigenvalue weighted by atomic mass is 32.1. The normalized spacial score (nSPS) is 11.7. The van der Waals surface area contributed by atoms with Gasteiger partial charge in [0.1, 0.15) is 16.9 Å². The molecule has 8 heteroatoms. The number of aryl methyl sites for hydroxylation is 1. The summed E-state index contributed by atoms with van der Waals surface area (Å²) in [6.45, 7) is 3.52. The van der Waals surface area contributed by atoms with E-state index in [9.17, 15) is 14.0 Å². The topological polar surface area (TPSA) is 84.0 Å². The van der Waals surface area contributed by atoms with E-state index in [1.807, 2.05) is 31.2 Å². The molecular weight excluding hydrogens is 367 g/mol. The van der Waals surface area contributed by atoms with Gasteiger partial charge in [0.2, 0.25) is 11.0 Å². The molecule has 0 radical (unpaired) electrons. The van der Waals surface area contributed by atoms with E-state index in [0.717, 1.165) is 17.2 Å². The van der Waals surface area contributed by atoms with Crippen LogP contribution >= 0.6 is 11.3 Å². The number of halogens is 1. The van der Waals surface area contributed by atoms with Crippen molar-refractivity contribution in [1.29, 1.82) is 0 Å². The molecule has 1 heterocycles. The lowest BCUT2D eigenvalue weighted by atomic mass is 10.1. The van der Waals surface area contributed by atoms with Gasteiger partial charge in [0.05, 0.1) is 0 Å². The van der Waals surface area contributed by atoms with Crippen LogP contribution in [0.1, 0.15) is 22.8 Å². The number of hydrogen-bond acceptors (Lipinski definition) is 5. The second kappa shape index (κ2) is 8.05. The van der Waals surface area contributed by atoms with Crippen LogP contribution in [0.15, 0.2) is 48.5 Å². The summed E-state index contributed by atoms with van der Waals surface area (Å²) in [5, 5.41) is 14.2. The van der Waals surface area contributed by atoms with Crippen molar-refractivity contribution in [3.63, 3.8) is 0 Å². The van der Waals surface area contributed by atoms with Gasteiger partial charge in [-0.3, -0.25) is 14.9 Å². The summed E-state index contributed by atoms with van der Waals surface area (Å²) < 4.78 is 13.2. The number of carbonyl (C=O) groups is 2. The molecule has 0 fully saturated rings. The highest BCUT2D eigenvalue weighted by molar-refractivity contribution is 7.18. The molecule has 1 atom stereocenters. The summed E-state index contributed by atoms with van der Waals surface area (Å²) in [5.74, 6) is -1.49. The van der Waals surface area contributed by atoms with E-state index in [4.69, 9.17) is 0 Å². The highest BCUT2D eigenvalue weighted by Gasteiger charge is 2.19. The Morgan fingerprint density at radius 2 is 1.89 bits per heavy atom. The van der Waals surface area contributed by atoms with Crippen molar-refractivity contribution in [2.24, 2.45) is 0 Å². The molecule has 0 aliphatic carbocycles. The van der Waals surface area contributed by atoms with Crippen LogP contribution < -0.4 is 10.6 Å². The van der Waals surface area contributed by atoms with E-state index in [-0.39, 0.29) is 5.56 Å². The summed E-state index contributed by atoms with van der Waals surface area (Å²) >= 11 is 1.24. The highest BCUT2D eigenvalue weighted by Crippen LogP contribution is 2.26. The minimum Gasteiger partial charge on any atom is -0.341 e. The zero-order valence-electron chi connectivity index (χ0n) is 14.7. The number of benzene rings is 2. The lowest BCUT2D eigenvalue weighted by molar-refractivity contribution is -0.117. The number of rotatable bonds is 5. The summed E-state index contributed by atoms with van der Waals surface area (Å²) in [6, 6.07) is 12.2. The van der Waals surface area contributed by atoms with Gasteiger partial charge in [-0.1, -0.05) is 41.2 Å². The average molecular weight is 384 g/mol. The molecule has 1 aromatic heterocycles. The van der Waals surface area contributed by atoms with Crippen molar-refractivity contribution in [1.82, 2.24) is 15.5 Å². The Hall–Kier alpha value is -3.13. The molecule has 0 spiro atoms. The molecule has 2 aromatic carbocycles. The molecule has 0 saturated carbocycles. The minimum atomic E-state index is -0.827. The monoisotopic (exact) mass is 384 g/mol. The van der Waals surface area contributed by atoms with E-state index < -0.39 is 23.7 Å². The third-order valence-corrected chi connectivity index (χ3v) is 4.64. The molecule has 6 nitrogen and oxygen atoms in total. The first-order chi connectivity index (χ1) is 12.9. The fraction of sp³-hybridized carbons (Fsp3) is 0.158. The lowest BCUT2D eigenvalue weighted by Gasteiger charge is -2.12. The van der Waals surface area contributed by atoms with Crippen LogP contribution in [0.2, 0.25) is 0 Å². The van der Waals surface area contributed by atoms with Crippen LogP contribution in [0.3, 0.4) is 0 Å². The Balaban J connectivity index is 1.62. The van der Waals surface area contributed by atoms with Gasteiger partial charge >= 0.3 is 0 Å². The summed E-state index contributed by atoms with van der Waals surface area (Å²) in [5.41, 5.74) is 2.16. The van der Waals surface area contributed by atoms with E-state index >= 15 is 0 Å². The molecule has 0 bridgehead atoms. The van der Waals surface area contributed by atoms with Crippen LogP contribution in [0.5, 0.6) is 0 Å². The van der Waals surface area contributed by atoms with Crippen molar-refractivity contribution in [3.05, 3.63) is 65.5 Å². The van der Waals surface area contributed by atoms with Crippen LogP contribution in [0, 0.1) is 12.7 Å². The van der Waals surface area contributed by atoms with Gasteiger partial charge in [0, 0.05) is 11.1 Å². The van der Waals surface area contributed by atoms with Gasteiger partial charge < -0.3 is 5.32 Å². The van der Waals surface area contributed by atoms with Crippen molar-refractivity contribution < 1.29 is 14.0 Å². The average Bonchev–Trinajstić information content (AvgIpc) is 3.10. The number of nitrogens with one attached hydrogen (secondary N) is 2. The zero-order chi connectivity index (χ0) is 19.4. The van der Waals surface area contributed by atoms with Gasteiger partial charge in [-0.2, -0.15) is 0 Å². The van der Waals surface area contributed by atoms with Crippen LogP contribution in [0.4, 0.5) is 9.52 Å². The second-order valence-electron chi connectivity index (χ2n) is 5.98. The molecule has 138 valence electrons. The summed E-state index contributed by atoms with van der Waals surface area (Å²) in [7, 11) is 0. The first kappa shape index (κ1) is 18.7. The molecule has 1 unspecified atom stereocenters. The summed E-state index contributed by atoms with van der Waals surface area (Å²) in [4.78, 5) is 24.4. The van der Waals surface area contributed by atoms with Crippen molar-refractivity contribution in [2.75, 3.05) is 5.32 Å². The Morgan fingerprint density at radius 3 is 2.63 bits per heavy atom. The summed E-state index contributed by atoms with van der Waals surface area (Å²) in [6.07, 6.45) is 0. The lowest BCUT2D eigenvalue weighted by Crippen LogP contribution is -2.41. The Kier molecular flexibility index (Phi) is 5.56. The van der Waals surface area contributed by atoms with Gasteiger partial charge in [-0.25, -0.2) is 4.39 Å². The fourth-order valence-electron chi connectivity index (χ4n) is 2.36. The molecule has 0 saturated heterocycles. The maximum absolute atomic E-state index is 13.2. The van der Waals surface area contributed by atoms with E-state index in [0.29, 0.717) is 10.1 Å². The van der Waals surface area contributed by atoms with Crippen LogP contribution in [-0.4, -0.2) is 28.1 Å². The van der Waals surface area contributed by atoms with Crippen LogP contribution in [-0.2, 0) is 4.79 Å². The molecule has 2 amide bonds. The quantitative estimate of drug-likeness (QED) is 0.706. The molecule has 27 heavy (non-hydrogen) atoms. The largest absolute Gasteiger partial charge is 0.341 e. The van der Waals surface area contributed by atoms with Gasteiger partial charge in [0.25, 0.3) is 5.91 Å². The van der Waals surface area contributed by atoms with E-state index in [1.165, 1.54) is 36.5 Å². The standard InChI is InChI=1S/C19H17FN4O2S/c1-11-5-3-7-14(9-11)18-23-24-19(27-18)22-16(25)12(2)21-17(26)13-6-4-8-15(20)10-13/h3-10,12H,1-2H3,(H,21,26)(H,22,24,25). The molecule has 2 N–H and O–H groups in total. The molecule has 3 rings (SSSR count). The number of hydrogen-bond donors (Lipinski definition) is 2. The Morgan fingerprint density at radius 1 is 1.11 bits per heavy atom. The predicted octanol–water partition coefficient (Wildman–Crippen LogP) is 3.41. The predicted molar refractivity (Wildman–Crippen MR) is 102 cm³/mol. The maximum atomic E-state index is 13.2. The molecular formula is C19H17FN4O2S. The van der Waals surface area contributed by atoms with Gasteiger partial charge in [-0.05, 0) is 38.1 Å². The van der Waals surface area contributed by atoms with Crippen LogP contribution in [0.25, 0.3) is 10.6 Å². The number of aromatic nitrogens is 2. The minimum absolute atomic E-state index is 0.146. The van der Waals surface area contributed by atoms with Crippen molar-refractivity contribution >= 4 is 28.3 Å². The second-order valence-corrected chi connectivity index (χ2v) is 6.95. The fourth-order valence-corrected chi connectivity index (χ4v) is 3.10. The molecule has 0 aliphatic rings. The van der Waals surface area contributed by atoms with E-state index in [1.54, 1.807) is 0 Å². The number of nitrogens with zero attached hydrogens (tertiary/aromatic N) is 2. The Labute approximate surface area is 159 Å². The smallest absolute Gasteiger partial charge is 0.252 e. The molecule has 0 aliphatic heterocycles. The van der Waals surface area contributed by atoms with Gasteiger partial charge in [-0.15, -0.1) is 10.2 Å². The Bertz CT molecular complexity index is 989. The maximum Gasteiger partial charge on any atom is 0.252 e. The third kappa shape index (κ3) is 4.73. The molecule has 3 aromatic rings. The third-order valence-electron chi connectivity index (χ3n) is 3.75. The first-order valence-electron chi connectivity index (χ1n) is 8.20. The first-order valence-corrected chi connectivity index (χ1v) is 9.02. The van der Waals surface area contributed by atoms with Gasteiger partial charge in [0.15, 0.2) is 0 Å². The zero-order valence-corrected chi connectivity index (χ0v) is 15.5. The van der Waals surface area contributed by atoms with Crippen molar-refractivity contribution in [2.45, 2.75) is 19.9 Å². The number of anilines is 1. The van der Waals surface area contributed by atoms with E-state index in [2.05, 4.69) is 20.8 Å².